The standard InChI is InChI=1S/C26H28FN5O2/c1-2-4-24(19-5-3-6-21(33)13-19)32-10-9-31(16-26(32)34)25(23-15-29-17-30-23)12-18-7-8-20(14-28)22(27)11-18/h3,5-8,11,13,15,17,24-25,33H,2,4,9-10,12,16H2,1H3,(H,29,30). The molecule has 1 aliphatic heterocycles. The van der Waals surface area contributed by atoms with E-state index in [0.717, 1.165) is 29.7 Å². The number of nitriles is 1. The van der Waals surface area contributed by atoms with Gasteiger partial charge in [-0.15, -0.1) is 0 Å². The van der Waals surface area contributed by atoms with Gasteiger partial charge in [-0.2, -0.15) is 5.26 Å². The fourth-order valence-electron chi connectivity index (χ4n) is 4.69. The highest BCUT2D eigenvalue weighted by Gasteiger charge is 2.34. The van der Waals surface area contributed by atoms with Crippen molar-refractivity contribution in [3.63, 3.8) is 0 Å². The van der Waals surface area contributed by atoms with Crippen LogP contribution in [-0.4, -0.2) is 50.4 Å². The van der Waals surface area contributed by atoms with Crippen LogP contribution in [0, 0.1) is 17.1 Å². The second-order valence-electron chi connectivity index (χ2n) is 8.61. The fraction of sp³-hybridized carbons (Fsp3) is 0.346. The number of aromatic hydroxyl groups is 1. The Kier molecular flexibility index (Phi) is 7.24. The molecule has 1 aliphatic rings. The van der Waals surface area contributed by atoms with Gasteiger partial charge in [-0.25, -0.2) is 9.37 Å². The average Bonchev–Trinajstić information content (AvgIpc) is 3.36. The number of phenolic OH excluding ortho intramolecular Hbond substituents is 1. The van der Waals surface area contributed by atoms with Crippen molar-refractivity contribution >= 4 is 5.91 Å². The van der Waals surface area contributed by atoms with E-state index in [9.17, 15) is 14.3 Å². The van der Waals surface area contributed by atoms with E-state index < -0.39 is 5.82 Å². The van der Waals surface area contributed by atoms with Gasteiger partial charge in [0.05, 0.1) is 36.2 Å². The molecular weight excluding hydrogens is 433 g/mol. The van der Waals surface area contributed by atoms with Gasteiger partial charge >= 0.3 is 0 Å². The number of piperazine rings is 1. The molecule has 0 bridgehead atoms. The van der Waals surface area contributed by atoms with Crippen LogP contribution in [0.3, 0.4) is 0 Å². The number of benzene rings is 2. The molecule has 0 radical (unpaired) electrons. The summed E-state index contributed by atoms with van der Waals surface area (Å²) in [5, 5.41) is 19.0. The molecule has 0 aliphatic carbocycles. The number of hydrogen-bond acceptors (Lipinski definition) is 5. The second kappa shape index (κ2) is 10.5. The van der Waals surface area contributed by atoms with Gasteiger partial charge in [0.1, 0.15) is 17.6 Å². The monoisotopic (exact) mass is 461 g/mol. The zero-order valence-electron chi connectivity index (χ0n) is 19.1. The van der Waals surface area contributed by atoms with Crippen molar-refractivity contribution in [2.24, 2.45) is 0 Å². The molecule has 2 heterocycles. The zero-order valence-corrected chi connectivity index (χ0v) is 19.1. The van der Waals surface area contributed by atoms with Gasteiger partial charge < -0.3 is 15.0 Å². The molecule has 1 fully saturated rings. The van der Waals surface area contributed by atoms with Crippen LogP contribution in [0.1, 0.15) is 54.2 Å². The van der Waals surface area contributed by atoms with Crippen LogP contribution >= 0.6 is 0 Å². The highest BCUT2D eigenvalue weighted by atomic mass is 19.1. The lowest BCUT2D eigenvalue weighted by molar-refractivity contribution is -0.140. The van der Waals surface area contributed by atoms with E-state index in [-0.39, 0.29) is 35.8 Å². The summed E-state index contributed by atoms with van der Waals surface area (Å²) in [4.78, 5) is 24.6. The molecule has 4 rings (SSSR count). The molecule has 2 unspecified atom stereocenters. The number of rotatable bonds is 8. The molecule has 1 amide bonds. The first-order chi connectivity index (χ1) is 16.5. The smallest absolute Gasteiger partial charge is 0.237 e. The normalized spacial score (nSPS) is 16.3. The first kappa shape index (κ1) is 23.5. The largest absolute Gasteiger partial charge is 0.508 e. The number of H-pyrrole nitrogens is 1. The minimum atomic E-state index is -0.544. The van der Waals surface area contributed by atoms with Crippen LogP contribution in [0.25, 0.3) is 0 Å². The molecule has 2 N–H and O–H groups in total. The lowest BCUT2D eigenvalue weighted by Gasteiger charge is -2.42. The topological polar surface area (TPSA) is 96.2 Å². The molecule has 2 atom stereocenters. The van der Waals surface area contributed by atoms with Gasteiger partial charge in [-0.05, 0) is 48.2 Å². The molecule has 8 heteroatoms. The quantitative estimate of drug-likeness (QED) is 0.527. The second-order valence-corrected chi connectivity index (χ2v) is 8.61. The number of nitrogens with one attached hydrogen (secondary N) is 1. The SMILES string of the molecule is CCCC(c1cccc(O)c1)N1CCN(C(Cc2ccc(C#N)c(F)c2)c2cnc[nH]2)CC1=O. The maximum atomic E-state index is 14.2. The number of hydrogen-bond donors (Lipinski definition) is 2. The van der Waals surface area contributed by atoms with Crippen molar-refractivity contribution in [3.8, 4) is 11.8 Å². The van der Waals surface area contributed by atoms with Crippen molar-refractivity contribution in [1.29, 1.82) is 5.26 Å². The molecule has 34 heavy (non-hydrogen) atoms. The molecule has 1 aromatic heterocycles. The Morgan fingerprint density at radius 1 is 1.24 bits per heavy atom. The Hall–Kier alpha value is -3.70. The number of amides is 1. The third-order valence-electron chi connectivity index (χ3n) is 6.38. The van der Waals surface area contributed by atoms with Crippen LogP contribution in [0.5, 0.6) is 5.75 Å². The van der Waals surface area contributed by atoms with E-state index in [2.05, 4.69) is 21.8 Å². The van der Waals surface area contributed by atoms with Gasteiger partial charge in [0.2, 0.25) is 5.91 Å². The number of halogens is 1. The van der Waals surface area contributed by atoms with Crippen molar-refractivity contribution in [3.05, 3.63) is 83.2 Å². The minimum absolute atomic E-state index is 0.0135. The summed E-state index contributed by atoms with van der Waals surface area (Å²) < 4.78 is 14.2. The predicted molar refractivity (Wildman–Crippen MR) is 125 cm³/mol. The molecule has 0 saturated carbocycles. The Balaban J connectivity index is 1.54. The van der Waals surface area contributed by atoms with Crippen molar-refractivity contribution in [2.45, 2.75) is 38.3 Å². The van der Waals surface area contributed by atoms with Crippen LogP contribution < -0.4 is 0 Å². The first-order valence-corrected chi connectivity index (χ1v) is 11.5. The van der Waals surface area contributed by atoms with Gasteiger partial charge in [-0.1, -0.05) is 31.5 Å². The summed E-state index contributed by atoms with van der Waals surface area (Å²) in [6, 6.07) is 13.3. The van der Waals surface area contributed by atoms with Gasteiger partial charge in [0.15, 0.2) is 0 Å². The molecule has 3 aromatic rings. The van der Waals surface area contributed by atoms with E-state index in [1.807, 2.05) is 17.0 Å². The summed E-state index contributed by atoms with van der Waals surface area (Å²) in [5.74, 6) is -0.333. The maximum absolute atomic E-state index is 14.2. The Morgan fingerprint density at radius 3 is 2.74 bits per heavy atom. The molecule has 2 aromatic carbocycles. The maximum Gasteiger partial charge on any atom is 0.237 e. The summed E-state index contributed by atoms with van der Waals surface area (Å²) in [6.45, 7) is 3.50. The number of carbonyl (C=O) groups is 1. The Morgan fingerprint density at radius 2 is 2.09 bits per heavy atom. The van der Waals surface area contributed by atoms with Gasteiger partial charge in [0.25, 0.3) is 0 Å². The predicted octanol–water partition coefficient (Wildman–Crippen LogP) is 4.10. The average molecular weight is 462 g/mol. The lowest BCUT2D eigenvalue weighted by Crippen LogP contribution is -2.52. The van der Waals surface area contributed by atoms with Crippen LogP contribution in [0.2, 0.25) is 0 Å². The number of carbonyl (C=O) groups excluding carboxylic acids is 1. The Labute approximate surface area is 198 Å². The van der Waals surface area contributed by atoms with Crippen molar-refractivity contribution < 1.29 is 14.3 Å². The molecular formula is C26H28FN5O2. The van der Waals surface area contributed by atoms with E-state index in [1.54, 1.807) is 36.8 Å². The number of imidazole rings is 1. The van der Waals surface area contributed by atoms with Crippen molar-refractivity contribution in [1.82, 2.24) is 19.8 Å². The Bertz CT molecular complexity index is 1170. The van der Waals surface area contributed by atoms with Gasteiger partial charge in [-0.3, -0.25) is 9.69 Å². The molecule has 7 nitrogen and oxygen atoms in total. The summed E-state index contributed by atoms with van der Waals surface area (Å²) in [6.07, 6.45) is 5.52. The number of nitrogens with zero attached hydrogens (tertiary/aromatic N) is 4. The number of aromatic amines is 1. The highest BCUT2D eigenvalue weighted by Crippen LogP contribution is 2.32. The van der Waals surface area contributed by atoms with Crippen LogP contribution in [0.4, 0.5) is 4.39 Å². The van der Waals surface area contributed by atoms with Gasteiger partial charge in [0, 0.05) is 19.3 Å². The molecule has 176 valence electrons. The molecule has 1 saturated heterocycles. The summed E-state index contributed by atoms with van der Waals surface area (Å²) in [7, 11) is 0. The van der Waals surface area contributed by atoms with Crippen LogP contribution in [-0.2, 0) is 11.2 Å². The lowest BCUT2D eigenvalue weighted by atomic mass is 9.97. The minimum Gasteiger partial charge on any atom is -0.508 e. The fourth-order valence-corrected chi connectivity index (χ4v) is 4.69. The third-order valence-corrected chi connectivity index (χ3v) is 6.38. The van der Waals surface area contributed by atoms with Crippen molar-refractivity contribution in [2.75, 3.05) is 19.6 Å². The van der Waals surface area contributed by atoms with E-state index in [1.165, 1.54) is 12.1 Å². The number of aromatic nitrogens is 2. The third kappa shape index (κ3) is 5.10. The first-order valence-electron chi connectivity index (χ1n) is 11.5. The number of phenols is 1. The van der Waals surface area contributed by atoms with E-state index >= 15 is 0 Å². The zero-order chi connectivity index (χ0) is 24.1. The summed E-state index contributed by atoms with van der Waals surface area (Å²) in [5.41, 5.74) is 2.54. The summed E-state index contributed by atoms with van der Waals surface area (Å²) >= 11 is 0. The van der Waals surface area contributed by atoms with E-state index in [4.69, 9.17) is 5.26 Å². The van der Waals surface area contributed by atoms with E-state index in [0.29, 0.717) is 19.5 Å². The molecule has 0 spiro atoms. The highest BCUT2D eigenvalue weighted by molar-refractivity contribution is 5.79. The van der Waals surface area contributed by atoms with Crippen LogP contribution in [0.15, 0.2) is 55.0 Å².